The molecule has 0 unspecified atom stereocenters. The van der Waals surface area contributed by atoms with Crippen LogP contribution in [0.3, 0.4) is 0 Å². The number of hydrogen-bond donors (Lipinski definition) is 0. The molecule has 0 radical (unpaired) electrons. The second-order valence-electron chi connectivity index (χ2n) is 4.71. The number of allylic oxidation sites excluding steroid dienone is 1. The molecule has 0 aliphatic rings. The second kappa shape index (κ2) is 6.52. The summed E-state index contributed by atoms with van der Waals surface area (Å²) < 4.78 is 50.6. The van der Waals surface area contributed by atoms with Crippen molar-refractivity contribution in [3.63, 3.8) is 0 Å². The fourth-order valence-electron chi connectivity index (χ4n) is 2.07. The van der Waals surface area contributed by atoms with E-state index in [0.717, 1.165) is 0 Å². The van der Waals surface area contributed by atoms with Crippen molar-refractivity contribution in [2.45, 2.75) is 16.7 Å². The molecule has 2 aromatic carbocycles. The van der Waals surface area contributed by atoms with E-state index in [2.05, 4.69) is 6.58 Å². The number of sulfone groups is 2. The molecule has 120 valence electrons. The van der Waals surface area contributed by atoms with Crippen LogP contribution in [0.2, 0.25) is 0 Å². The molecule has 23 heavy (non-hydrogen) atoms. The first kappa shape index (κ1) is 17.2. The molecule has 0 fully saturated rings. The van der Waals surface area contributed by atoms with Gasteiger partial charge in [0.1, 0.15) is 0 Å². The molecule has 0 aromatic heterocycles. The van der Waals surface area contributed by atoms with E-state index in [1.54, 1.807) is 36.4 Å². The van der Waals surface area contributed by atoms with Gasteiger partial charge in [-0.2, -0.15) is 0 Å². The quantitative estimate of drug-likeness (QED) is 0.777. The van der Waals surface area contributed by atoms with Crippen LogP contribution in [0.4, 0.5) is 0 Å². The average molecular weight is 348 g/mol. The minimum atomic E-state index is -3.98. The summed E-state index contributed by atoms with van der Waals surface area (Å²) in [5, 5.41) is 0. The number of rotatable bonds is 5. The summed E-state index contributed by atoms with van der Waals surface area (Å²) in [4.78, 5) is -0.715. The van der Waals surface area contributed by atoms with Crippen molar-refractivity contribution in [1.82, 2.24) is 0 Å². The highest BCUT2D eigenvalue weighted by Gasteiger charge is 2.30. The largest absolute Gasteiger partial charge is 0.218 e. The SMILES string of the molecule is C=C(/C(=C/C)S(=O)(=O)c1ccccc1)S(=O)(=O)c1ccccc1. The Balaban J connectivity index is 2.53. The summed E-state index contributed by atoms with van der Waals surface area (Å²) in [5.41, 5.74) is 0. The van der Waals surface area contributed by atoms with E-state index in [1.165, 1.54) is 37.3 Å². The second-order valence-corrected chi connectivity index (χ2v) is 8.60. The molecule has 4 nitrogen and oxygen atoms in total. The van der Waals surface area contributed by atoms with Gasteiger partial charge in [0, 0.05) is 0 Å². The molecule has 0 aliphatic heterocycles. The van der Waals surface area contributed by atoms with Gasteiger partial charge in [0.2, 0.25) is 19.7 Å². The predicted molar refractivity (Wildman–Crippen MR) is 90.2 cm³/mol. The van der Waals surface area contributed by atoms with Gasteiger partial charge in [-0.3, -0.25) is 0 Å². The molecule has 0 N–H and O–H groups in total. The van der Waals surface area contributed by atoms with Gasteiger partial charge in [-0.1, -0.05) is 49.1 Å². The van der Waals surface area contributed by atoms with E-state index < -0.39 is 24.6 Å². The average Bonchev–Trinajstić information content (AvgIpc) is 2.56. The number of hydrogen-bond acceptors (Lipinski definition) is 4. The van der Waals surface area contributed by atoms with Crippen LogP contribution in [0.15, 0.2) is 92.9 Å². The standard InChI is InChI=1S/C17H16O4S2/c1-3-17(23(20,21)16-12-8-5-9-13-16)14(2)22(18,19)15-10-6-4-7-11-15/h3-13H,2H2,1H3/b17-3-. The minimum Gasteiger partial charge on any atom is -0.218 e. The van der Waals surface area contributed by atoms with Gasteiger partial charge in [-0.15, -0.1) is 0 Å². The Kier molecular flexibility index (Phi) is 4.87. The first-order valence-corrected chi connectivity index (χ1v) is 9.74. The molecular weight excluding hydrogens is 332 g/mol. The van der Waals surface area contributed by atoms with Crippen LogP contribution in [0.1, 0.15) is 6.92 Å². The molecule has 2 rings (SSSR count). The summed E-state index contributed by atoms with van der Waals surface area (Å²) in [6, 6.07) is 15.3. The fourth-order valence-corrected chi connectivity index (χ4v) is 5.29. The van der Waals surface area contributed by atoms with Gasteiger partial charge >= 0.3 is 0 Å². The normalized spacial score (nSPS) is 12.8. The zero-order valence-electron chi connectivity index (χ0n) is 12.5. The topological polar surface area (TPSA) is 68.3 Å². The van der Waals surface area contributed by atoms with Gasteiger partial charge in [-0.05, 0) is 31.2 Å². The first-order chi connectivity index (χ1) is 10.8. The van der Waals surface area contributed by atoms with Crippen LogP contribution in [0.5, 0.6) is 0 Å². The Morgan fingerprint density at radius 3 is 1.57 bits per heavy atom. The maximum atomic E-state index is 12.7. The van der Waals surface area contributed by atoms with Crippen molar-refractivity contribution in [3.05, 3.63) is 83.1 Å². The van der Waals surface area contributed by atoms with Crippen molar-refractivity contribution in [3.8, 4) is 0 Å². The third-order valence-corrected chi connectivity index (χ3v) is 7.10. The molecule has 0 bridgehead atoms. The molecule has 0 heterocycles. The lowest BCUT2D eigenvalue weighted by atomic mass is 10.4. The zero-order chi connectivity index (χ0) is 17.1. The van der Waals surface area contributed by atoms with E-state index >= 15 is 0 Å². The lowest BCUT2D eigenvalue weighted by Crippen LogP contribution is -2.13. The third-order valence-electron chi connectivity index (χ3n) is 3.26. The smallest absolute Gasteiger partial charge is 0.207 e. The minimum absolute atomic E-state index is 0.00705. The number of benzene rings is 2. The fraction of sp³-hybridized carbons (Fsp3) is 0.0588. The Morgan fingerprint density at radius 1 is 0.783 bits per heavy atom. The third kappa shape index (κ3) is 3.28. The summed E-state index contributed by atoms with van der Waals surface area (Å²) in [6.07, 6.45) is 1.26. The van der Waals surface area contributed by atoms with Crippen molar-refractivity contribution in [1.29, 1.82) is 0 Å². The van der Waals surface area contributed by atoms with E-state index in [1.807, 2.05) is 0 Å². The van der Waals surface area contributed by atoms with E-state index in [4.69, 9.17) is 0 Å². The zero-order valence-corrected chi connectivity index (χ0v) is 14.1. The molecular formula is C17H16O4S2. The monoisotopic (exact) mass is 348 g/mol. The van der Waals surface area contributed by atoms with Gasteiger partial charge in [0.15, 0.2) is 0 Å². The Labute approximate surface area is 136 Å². The lowest BCUT2D eigenvalue weighted by molar-refractivity contribution is 0.596. The predicted octanol–water partition coefficient (Wildman–Crippen LogP) is 3.35. The van der Waals surface area contributed by atoms with Crippen molar-refractivity contribution in [2.24, 2.45) is 0 Å². The molecule has 0 saturated carbocycles. The molecule has 0 atom stereocenters. The molecule has 0 saturated heterocycles. The maximum Gasteiger partial charge on any atom is 0.207 e. The highest BCUT2D eigenvalue weighted by atomic mass is 32.2. The van der Waals surface area contributed by atoms with Gasteiger partial charge < -0.3 is 0 Å². The Bertz CT molecular complexity index is 940. The van der Waals surface area contributed by atoms with Gasteiger partial charge in [0.05, 0.1) is 19.6 Å². The highest BCUT2D eigenvalue weighted by Crippen LogP contribution is 2.30. The van der Waals surface area contributed by atoms with E-state index in [-0.39, 0.29) is 14.7 Å². The van der Waals surface area contributed by atoms with Crippen molar-refractivity contribution in [2.75, 3.05) is 0 Å². The van der Waals surface area contributed by atoms with E-state index in [0.29, 0.717) is 0 Å². The highest BCUT2D eigenvalue weighted by molar-refractivity contribution is 8.00. The first-order valence-electron chi connectivity index (χ1n) is 6.77. The van der Waals surface area contributed by atoms with Crippen LogP contribution in [-0.4, -0.2) is 16.8 Å². The maximum absolute atomic E-state index is 12.7. The summed E-state index contributed by atoms with van der Waals surface area (Å²) >= 11 is 0. The molecule has 2 aromatic rings. The Hall–Kier alpha value is -2.18. The van der Waals surface area contributed by atoms with Crippen LogP contribution in [-0.2, 0) is 19.7 Å². The molecule has 0 aliphatic carbocycles. The Morgan fingerprint density at radius 2 is 1.17 bits per heavy atom. The summed E-state index contributed by atoms with van der Waals surface area (Å²) in [7, 11) is -7.94. The van der Waals surface area contributed by atoms with Crippen LogP contribution >= 0.6 is 0 Å². The summed E-state index contributed by atoms with van der Waals surface area (Å²) in [5.74, 6) is 0. The lowest BCUT2D eigenvalue weighted by Gasteiger charge is -2.12. The van der Waals surface area contributed by atoms with Crippen LogP contribution < -0.4 is 0 Å². The molecule has 0 amide bonds. The van der Waals surface area contributed by atoms with Crippen molar-refractivity contribution >= 4 is 19.7 Å². The van der Waals surface area contributed by atoms with Gasteiger partial charge in [0.25, 0.3) is 0 Å². The van der Waals surface area contributed by atoms with Gasteiger partial charge in [-0.25, -0.2) is 16.8 Å². The van der Waals surface area contributed by atoms with Crippen LogP contribution in [0.25, 0.3) is 0 Å². The molecule has 0 spiro atoms. The summed E-state index contributed by atoms with van der Waals surface area (Å²) in [6.45, 7) is 5.00. The molecule has 6 heteroatoms. The van der Waals surface area contributed by atoms with Crippen LogP contribution in [0, 0.1) is 0 Å². The van der Waals surface area contributed by atoms with Crippen molar-refractivity contribution < 1.29 is 16.8 Å². The van der Waals surface area contributed by atoms with E-state index in [9.17, 15) is 16.8 Å².